The highest BCUT2D eigenvalue weighted by Crippen LogP contribution is 2.34. The summed E-state index contributed by atoms with van der Waals surface area (Å²) in [6, 6.07) is 10.9. The topological polar surface area (TPSA) is 93.1 Å². The van der Waals surface area contributed by atoms with Gasteiger partial charge in [0.25, 0.3) is 0 Å². The summed E-state index contributed by atoms with van der Waals surface area (Å²) in [6.07, 6.45) is -0.677. The van der Waals surface area contributed by atoms with Crippen molar-refractivity contribution in [2.24, 2.45) is 0 Å². The Morgan fingerprint density at radius 1 is 1.19 bits per heavy atom. The Hall–Kier alpha value is -2.65. The predicted molar refractivity (Wildman–Crippen MR) is 93.7 cm³/mol. The lowest BCUT2D eigenvalue weighted by molar-refractivity contribution is -0.140. The molecular formula is C18H18FNO6S. The zero-order valence-electron chi connectivity index (χ0n) is 14.4. The van der Waals surface area contributed by atoms with Gasteiger partial charge in [-0.05, 0) is 24.3 Å². The first kappa shape index (κ1) is 19.1. The van der Waals surface area contributed by atoms with Gasteiger partial charge in [0.05, 0.1) is 13.7 Å². The summed E-state index contributed by atoms with van der Waals surface area (Å²) < 4.78 is 51.4. The van der Waals surface area contributed by atoms with E-state index in [4.69, 9.17) is 9.47 Å². The first-order chi connectivity index (χ1) is 12.8. The van der Waals surface area contributed by atoms with E-state index in [0.717, 1.165) is 17.5 Å². The fourth-order valence-electron chi connectivity index (χ4n) is 3.05. The van der Waals surface area contributed by atoms with E-state index in [0.29, 0.717) is 5.75 Å². The molecule has 1 aliphatic heterocycles. The zero-order valence-corrected chi connectivity index (χ0v) is 15.2. The molecule has 2 aromatic rings. The van der Waals surface area contributed by atoms with Crippen molar-refractivity contribution in [3.05, 3.63) is 54.3 Å². The lowest BCUT2D eigenvalue weighted by Crippen LogP contribution is -2.40. The van der Waals surface area contributed by atoms with Crippen LogP contribution in [0.4, 0.5) is 4.39 Å². The van der Waals surface area contributed by atoms with Crippen molar-refractivity contribution < 1.29 is 32.2 Å². The number of hydrogen-bond donors (Lipinski definition) is 1. The molecule has 1 aliphatic rings. The Kier molecular flexibility index (Phi) is 5.33. The first-order valence-electron chi connectivity index (χ1n) is 8.13. The Balaban J connectivity index is 1.93. The molecule has 2 aromatic carbocycles. The molecule has 1 heterocycles. The van der Waals surface area contributed by atoms with Crippen LogP contribution in [0.15, 0.2) is 53.4 Å². The molecule has 3 rings (SSSR count). The van der Waals surface area contributed by atoms with Crippen LogP contribution < -0.4 is 9.47 Å². The van der Waals surface area contributed by atoms with Crippen molar-refractivity contribution in [3.63, 3.8) is 0 Å². The highest BCUT2D eigenvalue weighted by atomic mass is 32.2. The van der Waals surface area contributed by atoms with Crippen molar-refractivity contribution in [3.8, 4) is 11.5 Å². The summed E-state index contributed by atoms with van der Waals surface area (Å²) in [5, 5.41) is 9.49. The quantitative estimate of drug-likeness (QED) is 0.806. The molecule has 0 amide bonds. The van der Waals surface area contributed by atoms with Crippen LogP contribution >= 0.6 is 0 Å². The Bertz CT molecular complexity index is 934. The molecule has 0 unspecified atom stereocenters. The number of ether oxygens (including phenoxy) is 2. The van der Waals surface area contributed by atoms with Crippen LogP contribution in [0.2, 0.25) is 0 Å². The van der Waals surface area contributed by atoms with Gasteiger partial charge in [-0.25, -0.2) is 12.8 Å². The number of carboxylic acid groups (broad SMARTS) is 1. The fourth-order valence-corrected chi connectivity index (χ4v) is 4.84. The zero-order chi connectivity index (χ0) is 19.6. The monoisotopic (exact) mass is 395 g/mol. The van der Waals surface area contributed by atoms with Crippen molar-refractivity contribution >= 4 is 16.0 Å². The minimum atomic E-state index is -4.32. The Morgan fingerprint density at radius 2 is 1.89 bits per heavy atom. The maximum atomic E-state index is 13.9. The van der Waals surface area contributed by atoms with Crippen LogP contribution in [0.25, 0.3) is 0 Å². The van der Waals surface area contributed by atoms with Gasteiger partial charge in [-0.1, -0.05) is 24.3 Å². The highest BCUT2D eigenvalue weighted by molar-refractivity contribution is 7.89. The highest BCUT2D eigenvalue weighted by Gasteiger charge is 2.46. The number of carbonyl (C=O) groups is 1. The average molecular weight is 395 g/mol. The Morgan fingerprint density at radius 3 is 2.52 bits per heavy atom. The lowest BCUT2D eigenvalue weighted by Gasteiger charge is -2.22. The van der Waals surface area contributed by atoms with Crippen LogP contribution in [-0.4, -0.2) is 49.6 Å². The summed E-state index contributed by atoms with van der Waals surface area (Å²) >= 11 is 0. The molecule has 9 heteroatoms. The third-order valence-corrected chi connectivity index (χ3v) is 6.17. The van der Waals surface area contributed by atoms with Gasteiger partial charge >= 0.3 is 5.97 Å². The molecule has 1 fully saturated rings. The summed E-state index contributed by atoms with van der Waals surface area (Å²) in [6.45, 7) is -0.173. The van der Waals surface area contributed by atoms with Crippen LogP contribution in [0.1, 0.15) is 6.42 Å². The number of para-hydroxylation sites is 2. The van der Waals surface area contributed by atoms with Crippen molar-refractivity contribution in [2.45, 2.75) is 23.5 Å². The number of carboxylic acids is 1. The van der Waals surface area contributed by atoms with Gasteiger partial charge in [-0.2, -0.15) is 4.31 Å². The number of sulfonamides is 1. The van der Waals surface area contributed by atoms with Crippen LogP contribution in [0, 0.1) is 5.82 Å². The molecule has 1 N–H and O–H groups in total. The van der Waals surface area contributed by atoms with E-state index < -0.39 is 44.6 Å². The van der Waals surface area contributed by atoms with Crippen LogP contribution in [0.3, 0.4) is 0 Å². The standard InChI is InChI=1S/C18H18FNO6S/c1-25-17-14(19)8-5-9-16(17)27(23,24)20-11-13(10-15(20)18(21)22)26-12-6-3-2-4-7-12/h2-9,13,15H,10-11H2,1H3,(H,21,22)/t13-,15-/m0/s1. The number of rotatable bonds is 6. The van der Waals surface area contributed by atoms with Crippen LogP contribution in [0.5, 0.6) is 11.5 Å². The maximum absolute atomic E-state index is 13.9. The van der Waals surface area contributed by atoms with E-state index in [9.17, 15) is 22.7 Å². The molecule has 0 aromatic heterocycles. The second kappa shape index (κ2) is 7.53. The minimum absolute atomic E-state index is 0.0267. The van der Waals surface area contributed by atoms with E-state index in [1.54, 1.807) is 30.3 Å². The van der Waals surface area contributed by atoms with Gasteiger partial charge in [-0.3, -0.25) is 4.79 Å². The average Bonchev–Trinajstić information content (AvgIpc) is 3.07. The summed E-state index contributed by atoms with van der Waals surface area (Å²) in [5.74, 6) is -2.09. The summed E-state index contributed by atoms with van der Waals surface area (Å²) in [5.41, 5.74) is 0. The second-order valence-electron chi connectivity index (χ2n) is 5.99. The van der Waals surface area contributed by atoms with E-state index in [-0.39, 0.29) is 13.0 Å². The molecule has 0 saturated carbocycles. The molecule has 0 radical (unpaired) electrons. The van der Waals surface area contributed by atoms with Gasteiger partial charge in [-0.15, -0.1) is 0 Å². The molecule has 7 nitrogen and oxygen atoms in total. The van der Waals surface area contributed by atoms with Crippen molar-refractivity contribution in [1.82, 2.24) is 4.31 Å². The SMILES string of the molecule is COc1c(F)cccc1S(=O)(=O)N1C[C@@H](Oc2ccccc2)C[C@H]1C(=O)O. The molecule has 1 saturated heterocycles. The molecule has 2 atom stereocenters. The van der Waals surface area contributed by atoms with E-state index >= 15 is 0 Å². The smallest absolute Gasteiger partial charge is 0.322 e. The largest absolute Gasteiger partial charge is 0.492 e. The number of aliphatic carboxylic acids is 1. The van der Waals surface area contributed by atoms with Gasteiger partial charge in [0.2, 0.25) is 10.0 Å². The van der Waals surface area contributed by atoms with Crippen molar-refractivity contribution in [2.75, 3.05) is 13.7 Å². The fraction of sp³-hybridized carbons (Fsp3) is 0.278. The molecule has 0 aliphatic carbocycles. The Labute approximate surface area is 156 Å². The summed E-state index contributed by atoms with van der Waals surface area (Å²) in [4.78, 5) is 11.2. The van der Waals surface area contributed by atoms with Gasteiger partial charge in [0.1, 0.15) is 22.8 Å². The summed E-state index contributed by atoms with van der Waals surface area (Å²) in [7, 11) is -3.17. The minimum Gasteiger partial charge on any atom is -0.492 e. The normalized spacial score (nSPS) is 20.4. The number of halogens is 1. The first-order valence-corrected chi connectivity index (χ1v) is 9.57. The van der Waals surface area contributed by atoms with Gasteiger partial charge in [0, 0.05) is 6.42 Å². The lowest BCUT2D eigenvalue weighted by atomic mass is 10.2. The number of benzene rings is 2. The third kappa shape index (κ3) is 3.74. The van der Waals surface area contributed by atoms with Gasteiger partial charge in [0.15, 0.2) is 11.6 Å². The number of nitrogens with zero attached hydrogens (tertiary/aromatic N) is 1. The van der Waals surface area contributed by atoms with Crippen molar-refractivity contribution in [1.29, 1.82) is 0 Å². The van der Waals surface area contributed by atoms with E-state index in [1.165, 1.54) is 12.1 Å². The molecule has 144 valence electrons. The molecule has 0 spiro atoms. The number of hydrogen-bond acceptors (Lipinski definition) is 5. The maximum Gasteiger partial charge on any atom is 0.322 e. The van der Waals surface area contributed by atoms with Gasteiger partial charge < -0.3 is 14.6 Å². The van der Waals surface area contributed by atoms with E-state index in [1.807, 2.05) is 0 Å². The van der Waals surface area contributed by atoms with E-state index in [2.05, 4.69) is 0 Å². The predicted octanol–water partition coefficient (Wildman–Crippen LogP) is 2.13. The van der Waals surface area contributed by atoms with Crippen LogP contribution in [-0.2, 0) is 14.8 Å². The third-order valence-electron chi connectivity index (χ3n) is 4.27. The molecule has 27 heavy (non-hydrogen) atoms. The molecule has 0 bridgehead atoms. The number of methoxy groups -OCH3 is 1. The second-order valence-corrected chi connectivity index (χ2v) is 7.85. The molecular weight excluding hydrogens is 377 g/mol.